The van der Waals surface area contributed by atoms with Gasteiger partial charge in [-0.3, -0.25) is 9.48 Å². The summed E-state index contributed by atoms with van der Waals surface area (Å²) in [5.41, 5.74) is 2.00. The van der Waals surface area contributed by atoms with E-state index in [1.54, 1.807) is 24.3 Å². The van der Waals surface area contributed by atoms with Gasteiger partial charge < -0.3 is 14.8 Å². The maximum Gasteiger partial charge on any atom is 0.343 e. The zero-order valence-corrected chi connectivity index (χ0v) is 16.1. The molecule has 0 spiro atoms. The number of esters is 1. The van der Waals surface area contributed by atoms with Gasteiger partial charge in [0.15, 0.2) is 12.3 Å². The second-order valence-corrected chi connectivity index (χ2v) is 7.65. The third-order valence-corrected chi connectivity index (χ3v) is 4.30. The van der Waals surface area contributed by atoms with E-state index in [-0.39, 0.29) is 18.1 Å². The Hall–Kier alpha value is -2.83. The first-order chi connectivity index (χ1) is 12.8. The van der Waals surface area contributed by atoms with Gasteiger partial charge in [-0.2, -0.15) is 5.10 Å². The van der Waals surface area contributed by atoms with Crippen LogP contribution >= 0.6 is 0 Å². The van der Waals surface area contributed by atoms with Crippen LogP contribution in [-0.4, -0.2) is 35.4 Å². The molecule has 0 atom stereocenters. The third kappa shape index (κ3) is 4.67. The molecular weight excluding hydrogens is 346 g/mol. The summed E-state index contributed by atoms with van der Waals surface area (Å²) in [5.74, 6) is 0.326. The molecule has 1 aliphatic carbocycles. The molecule has 1 aliphatic rings. The van der Waals surface area contributed by atoms with Crippen molar-refractivity contribution in [3.8, 4) is 5.75 Å². The van der Waals surface area contributed by atoms with Gasteiger partial charge in [0.1, 0.15) is 5.75 Å². The summed E-state index contributed by atoms with van der Waals surface area (Å²) in [4.78, 5) is 23.7. The van der Waals surface area contributed by atoms with Crippen LogP contribution in [0.15, 0.2) is 30.3 Å². The van der Waals surface area contributed by atoms with Crippen LogP contribution in [0, 0.1) is 0 Å². The lowest BCUT2D eigenvalue weighted by molar-refractivity contribution is -0.142. The highest BCUT2D eigenvalue weighted by atomic mass is 16.6. The standard InChI is InChI=1S/C20H25N3O4/c1-20(2,3)23-17(13-5-6-13)11-16(22-23)19(25)21-14-7-9-15(10-8-14)27-12-18(24)26-4/h7-11,13H,5-6,12H2,1-4H3,(H,21,25). The molecule has 2 aromatic rings. The van der Waals surface area contributed by atoms with E-state index >= 15 is 0 Å². The maximum absolute atomic E-state index is 12.6. The first-order valence-electron chi connectivity index (χ1n) is 8.99. The first kappa shape index (κ1) is 18.9. The average Bonchev–Trinajstić information content (AvgIpc) is 3.37. The lowest BCUT2D eigenvalue weighted by Crippen LogP contribution is -2.25. The molecule has 1 saturated carbocycles. The molecule has 7 nitrogen and oxygen atoms in total. The van der Waals surface area contributed by atoms with Crippen molar-refractivity contribution in [2.24, 2.45) is 0 Å². The van der Waals surface area contributed by atoms with E-state index in [4.69, 9.17) is 4.74 Å². The highest BCUT2D eigenvalue weighted by Gasteiger charge is 2.32. The molecule has 0 aliphatic heterocycles. The number of amides is 1. The smallest absolute Gasteiger partial charge is 0.343 e. The zero-order valence-electron chi connectivity index (χ0n) is 16.1. The minimum atomic E-state index is -0.451. The molecule has 0 bridgehead atoms. The van der Waals surface area contributed by atoms with Crippen LogP contribution in [0.1, 0.15) is 55.7 Å². The summed E-state index contributed by atoms with van der Waals surface area (Å²) in [7, 11) is 1.31. The molecule has 144 valence electrons. The number of nitrogens with zero attached hydrogens (tertiary/aromatic N) is 2. The predicted molar refractivity (Wildman–Crippen MR) is 101 cm³/mol. The monoisotopic (exact) mass is 371 g/mol. The van der Waals surface area contributed by atoms with Crippen molar-refractivity contribution in [1.29, 1.82) is 0 Å². The lowest BCUT2D eigenvalue weighted by Gasteiger charge is -2.22. The molecule has 1 heterocycles. The van der Waals surface area contributed by atoms with Crippen molar-refractivity contribution in [2.45, 2.75) is 45.1 Å². The number of methoxy groups -OCH3 is 1. The van der Waals surface area contributed by atoms with E-state index in [0.29, 0.717) is 23.0 Å². The van der Waals surface area contributed by atoms with E-state index in [2.05, 4.69) is 35.9 Å². The van der Waals surface area contributed by atoms with Crippen LogP contribution in [0.5, 0.6) is 5.75 Å². The van der Waals surface area contributed by atoms with Crippen molar-refractivity contribution < 1.29 is 19.1 Å². The Labute approximate surface area is 158 Å². The predicted octanol–water partition coefficient (Wildman–Crippen LogP) is 3.32. The summed E-state index contributed by atoms with van der Waals surface area (Å²) in [6.07, 6.45) is 2.30. The van der Waals surface area contributed by atoms with Gasteiger partial charge in [0.25, 0.3) is 5.91 Å². The number of aromatic nitrogens is 2. The molecule has 0 unspecified atom stereocenters. The van der Waals surface area contributed by atoms with Gasteiger partial charge in [0.2, 0.25) is 0 Å². The number of benzene rings is 1. The van der Waals surface area contributed by atoms with Crippen LogP contribution in [0.3, 0.4) is 0 Å². The molecule has 1 aromatic carbocycles. The highest BCUT2D eigenvalue weighted by Crippen LogP contribution is 2.41. The van der Waals surface area contributed by atoms with Crippen molar-refractivity contribution in [2.75, 3.05) is 19.0 Å². The topological polar surface area (TPSA) is 82.5 Å². The molecule has 3 rings (SSSR count). The summed E-state index contributed by atoms with van der Waals surface area (Å²) in [6, 6.07) is 8.69. The van der Waals surface area contributed by atoms with Gasteiger partial charge in [-0.25, -0.2) is 4.79 Å². The SMILES string of the molecule is COC(=O)COc1ccc(NC(=O)c2cc(C3CC3)n(C(C)(C)C)n2)cc1. The Morgan fingerprint density at radius 2 is 1.89 bits per heavy atom. The fourth-order valence-electron chi connectivity index (χ4n) is 2.74. The maximum atomic E-state index is 12.6. The number of anilines is 1. The zero-order chi connectivity index (χ0) is 19.6. The molecule has 27 heavy (non-hydrogen) atoms. The number of ether oxygens (including phenoxy) is 2. The van der Waals surface area contributed by atoms with E-state index < -0.39 is 5.97 Å². The van der Waals surface area contributed by atoms with E-state index in [9.17, 15) is 9.59 Å². The molecule has 1 amide bonds. The van der Waals surface area contributed by atoms with Crippen molar-refractivity contribution in [3.05, 3.63) is 41.7 Å². The average molecular weight is 371 g/mol. The summed E-state index contributed by atoms with van der Waals surface area (Å²) in [6.45, 7) is 6.10. The fourth-order valence-corrected chi connectivity index (χ4v) is 2.74. The molecule has 1 aromatic heterocycles. The van der Waals surface area contributed by atoms with E-state index in [1.807, 2.05) is 10.7 Å². The number of hydrogen-bond acceptors (Lipinski definition) is 5. The van der Waals surface area contributed by atoms with Crippen LogP contribution in [-0.2, 0) is 15.1 Å². The van der Waals surface area contributed by atoms with Gasteiger partial charge in [-0.15, -0.1) is 0 Å². The fraction of sp³-hybridized carbons (Fsp3) is 0.450. The molecule has 7 heteroatoms. The molecule has 0 radical (unpaired) electrons. The van der Waals surface area contributed by atoms with Gasteiger partial charge >= 0.3 is 5.97 Å². The number of carbonyl (C=O) groups excluding carboxylic acids is 2. The number of rotatable bonds is 6. The Bertz CT molecular complexity index is 830. The summed E-state index contributed by atoms with van der Waals surface area (Å²) >= 11 is 0. The lowest BCUT2D eigenvalue weighted by atomic mass is 10.1. The van der Waals surface area contributed by atoms with Crippen LogP contribution in [0.4, 0.5) is 5.69 Å². The molecule has 1 N–H and O–H groups in total. The van der Waals surface area contributed by atoms with Crippen LogP contribution in [0.2, 0.25) is 0 Å². The summed E-state index contributed by atoms with van der Waals surface area (Å²) in [5, 5.41) is 7.39. The largest absolute Gasteiger partial charge is 0.482 e. The minimum absolute atomic E-state index is 0.156. The van der Waals surface area contributed by atoms with Crippen LogP contribution in [0.25, 0.3) is 0 Å². The van der Waals surface area contributed by atoms with Crippen molar-refractivity contribution in [1.82, 2.24) is 9.78 Å². The van der Waals surface area contributed by atoms with Gasteiger partial charge in [0, 0.05) is 17.3 Å². The quantitative estimate of drug-likeness (QED) is 0.788. The molecule has 1 fully saturated rings. The Morgan fingerprint density at radius 3 is 2.44 bits per heavy atom. The molecule has 0 saturated heterocycles. The van der Waals surface area contributed by atoms with Gasteiger partial charge in [-0.05, 0) is 63.9 Å². The molecular formula is C20H25N3O4. The Balaban J connectivity index is 1.68. The van der Waals surface area contributed by atoms with Gasteiger partial charge in [-0.1, -0.05) is 0 Å². The summed E-state index contributed by atoms with van der Waals surface area (Å²) < 4.78 is 11.8. The van der Waals surface area contributed by atoms with E-state index in [0.717, 1.165) is 18.5 Å². The first-order valence-corrected chi connectivity index (χ1v) is 8.99. The van der Waals surface area contributed by atoms with Crippen molar-refractivity contribution in [3.63, 3.8) is 0 Å². The number of hydrogen-bond donors (Lipinski definition) is 1. The van der Waals surface area contributed by atoms with Crippen LogP contribution < -0.4 is 10.1 Å². The second-order valence-electron chi connectivity index (χ2n) is 7.65. The van der Waals surface area contributed by atoms with E-state index in [1.165, 1.54) is 7.11 Å². The highest BCUT2D eigenvalue weighted by molar-refractivity contribution is 6.03. The van der Waals surface area contributed by atoms with Crippen molar-refractivity contribution >= 4 is 17.6 Å². The number of carbonyl (C=O) groups is 2. The second kappa shape index (κ2) is 7.42. The Kier molecular flexibility index (Phi) is 5.21. The third-order valence-electron chi connectivity index (χ3n) is 4.30. The normalized spacial score (nSPS) is 13.9. The Morgan fingerprint density at radius 1 is 1.22 bits per heavy atom. The number of nitrogens with one attached hydrogen (secondary N) is 1. The van der Waals surface area contributed by atoms with Gasteiger partial charge in [0.05, 0.1) is 12.6 Å². The minimum Gasteiger partial charge on any atom is -0.482 e.